The van der Waals surface area contributed by atoms with Crippen molar-refractivity contribution in [2.75, 3.05) is 0 Å². The van der Waals surface area contributed by atoms with Crippen LogP contribution in [0.2, 0.25) is 0 Å². The Kier molecular flexibility index (Phi) is 13.4. The average Bonchev–Trinajstić information content (AvgIpc) is 2.65. The van der Waals surface area contributed by atoms with E-state index in [9.17, 15) is 20.1 Å². The van der Waals surface area contributed by atoms with Crippen LogP contribution in [0.5, 0.6) is 0 Å². The fourth-order valence-corrected chi connectivity index (χ4v) is 2.66. The van der Waals surface area contributed by atoms with E-state index in [1.807, 2.05) is 19.1 Å². The molecule has 0 amide bonds. The van der Waals surface area contributed by atoms with Crippen LogP contribution >= 0.6 is 0 Å². The Labute approximate surface area is 174 Å². The lowest BCUT2D eigenvalue weighted by Crippen LogP contribution is -2.14. The van der Waals surface area contributed by atoms with Gasteiger partial charge >= 0.3 is 5.97 Å². The first-order valence-electron chi connectivity index (χ1n) is 10.2. The number of aliphatic hydroxyl groups is 3. The highest BCUT2D eigenvalue weighted by Gasteiger charge is 2.07. The third kappa shape index (κ3) is 14.4. The van der Waals surface area contributed by atoms with E-state index < -0.39 is 18.3 Å². The molecule has 0 aromatic heterocycles. The molecule has 1 heterocycles. The largest absolute Gasteiger partial charge is 0.460 e. The van der Waals surface area contributed by atoms with Gasteiger partial charge in [0.1, 0.15) is 0 Å². The first kappa shape index (κ1) is 24.8. The molecular weight excluding hydrogens is 368 g/mol. The molecule has 0 aromatic carbocycles. The molecule has 0 bridgehead atoms. The van der Waals surface area contributed by atoms with Gasteiger partial charge in [-0.15, -0.1) is 0 Å². The minimum Gasteiger partial charge on any atom is -0.460 e. The van der Waals surface area contributed by atoms with Gasteiger partial charge in [0.25, 0.3) is 0 Å². The normalized spacial score (nSPS) is 35.4. The van der Waals surface area contributed by atoms with Crippen LogP contribution < -0.4 is 0 Å². The van der Waals surface area contributed by atoms with E-state index in [1.54, 1.807) is 54.7 Å². The molecule has 0 saturated carbocycles. The van der Waals surface area contributed by atoms with Crippen LogP contribution in [0.4, 0.5) is 0 Å². The van der Waals surface area contributed by atoms with Crippen molar-refractivity contribution in [1.29, 1.82) is 0 Å². The Morgan fingerprint density at radius 1 is 0.862 bits per heavy atom. The van der Waals surface area contributed by atoms with Crippen molar-refractivity contribution in [3.63, 3.8) is 0 Å². The van der Waals surface area contributed by atoms with Gasteiger partial charge in [-0.05, 0) is 39.0 Å². The highest BCUT2D eigenvalue weighted by Crippen LogP contribution is 2.08. The monoisotopic (exact) mass is 402 g/mol. The Balaban J connectivity index is 2.66. The molecule has 5 heteroatoms. The van der Waals surface area contributed by atoms with Crippen molar-refractivity contribution in [3.8, 4) is 0 Å². The summed E-state index contributed by atoms with van der Waals surface area (Å²) in [7, 11) is 0. The minimum absolute atomic E-state index is 0.158. The zero-order chi connectivity index (χ0) is 21.3. The van der Waals surface area contributed by atoms with Gasteiger partial charge in [0.2, 0.25) is 0 Å². The second-order valence-corrected chi connectivity index (χ2v) is 7.09. The van der Waals surface area contributed by atoms with E-state index in [1.165, 1.54) is 6.08 Å². The lowest BCUT2D eigenvalue weighted by atomic mass is 10.1. The van der Waals surface area contributed by atoms with Crippen molar-refractivity contribution in [2.24, 2.45) is 0 Å². The molecule has 5 nitrogen and oxygen atoms in total. The van der Waals surface area contributed by atoms with E-state index >= 15 is 0 Å². The lowest BCUT2D eigenvalue weighted by molar-refractivity contribution is -0.142. The number of esters is 1. The Morgan fingerprint density at radius 2 is 1.52 bits per heavy atom. The van der Waals surface area contributed by atoms with Crippen molar-refractivity contribution >= 4 is 5.97 Å². The fraction of sp³-hybridized carbons (Fsp3) is 0.458. The summed E-state index contributed by atoms with van der Waals surface area (Å²) in [5, 5.41) is 29.8. The number of hydrogen-bond acceptors (Lipinski definition) is 5. The molecule has 1 aliphatic rings. The van der Waals surface area contributed by atoms with Crippen LogP contribution in [-0.4, -0.2) is 45.7 Å². The minimum atomic E-state index is -0.703. The van der Waals surface area contributed by atoms with Crippen LogP contribution in [0, 0.1) is 0 Å². The summed E-state index contributed by atoms with van der Waals surface area (Å²) in [5.74, 6) is -0.378. The molecule has 160 valence electrons. The summed E-state index contributed by atoms with van der Waals surface area (Å²) < 4.78 is 5.31. The molecule has 0 radical (unpaired) electrons. The smallest absolute Gasteiger partial charge is 0.331 e. The van der Waals surface area contributed by atoms with Gasteiger partial charge in [0, 0.05) is 12.5 Å². The topological polar surface area (TPSA) is 87.0 Å². The molecule has 1 aliphatic heterocycles. The van der Waals surface area contributed by atoms with Gasteiger partial charge in [-0.1, -0.05) is 66.8 Å². The molecule has 0 aliphatic carbocycles. The summed E-state index contributed by atoms with van der Waals surface area (Å²) in [6, 6.07) is 0. The van der Waals surface area contributed by atoms with Crippen molar-refractivity contribution < 1.29 is 24.9 Å². The van der Waals surface area contributed by atoms with Gasteiger partial charge in [0.05, 0.1) is 24.4 Å². The highest BCUT2D eigenvalue weighted by atomic mass is 16.5. The number of hydrogen-bond donors (Lipinski definition) is 3. The van der Waals surface area contributed by atoms with Gasteiger partial charge in [-0.3, -0.25) is 0 Å². The maximum absolute atomic E-state index is 11.7. The SMILES string of the molecule is CC1CCC/C=C\C=C\C(O)CC(O)C/C=C\C=C\C(O)C/C=C/C=C\C(=O)O1. The van der Waals surface area contributed by atoms with Crippen molar-refractivity contribution in [2.45, 2.75) is 69.9 Å². The number of cyclic esters (lactones) is 1. The van der Waals surface area contributed by atoms with Gasteiger partial charge in [-0.25, -0.2) is 4.79 Å². The zero-order valence-electron chi connectivity index (χ0n) is 17.1. The van der Waals surface area contributed by atoms with Crippen LogP contribution in [0.3, 0.4) is 0 Å². The van der Waals surface area contributed by atoms with E-state index in [2.05, 4.69) is 0 Å². The lowest BCUT2D eigenvalue weighted by Gasteiger charge is -2.10. The van der Waals surface area contributed by atoms with Crippen LogP contribution in [0.1, 0.15) is 45.4 Å². The van der Waals surface area contributed by atoms with Crippen LogP contribution in [0.25, 0.3) is 0 Å². The zero-order valence-corrected chi connectivity index (χ0v) is 17.1. The number of aliphatic hydroxyl groups excluding tert-OH is 3. The van der Waals surface area contributed by atoms with Crippen molar-refractivity contribution in [1.82, 2.24) is 0 Å². The summed E-state index contributed by atoms with van der Waals surface area (Å²) in [6.45, 7) is 1.87. The summed E-state index contributed by atoms with van der Waals surface area (Å²) in [4.78, 5) is 11.7. The molecule has 1 rings (SSSR count). The summed E-state index contributed by atoms with van der Waals surface area (Å²) in [6.07, 6.45) is 22.2. The fourth-order valence-electron chi connectivity index (χ4n) is 2.66. The van der Waals surface area contributed by atoms with Crippen LogP contribution in [0.15, 0.2) is 72.9 Å². The van der Waals surface area contributed by atoms with Crippen molar-refractivity contribution in [3.05, 3.63) is 72.9 Å². The van der Waals surface area contributed by atoms with Crippen LogP contribution in [-0.2, 0) is 9.53 Å². The molecule has 0 aromatic rings. The Hall–Kier alpha value is -2.21. The second kappa shape index (κ2) is 15.7. The number of rotatable bonds is 0. The van der Waals surface area contributed by atoms with E-state index in [0.717, 1.165) is 19.3 Å². The summed E-state index contributed by atoms with van der Waals surface area (Å²) in [5.41, 5.74) is 0. The number of carbonyl (C=O) groups is 1. The molecule has 3 N–H and O–H groups in total. The molecule has 29 heavy (non-hydrogen) atoms. The Bertz CT molecular complexity index is 627. The van der Waals surface area contributed by atoms with E-state index in [-0.39, 0.29) is 18.5 Å². The maximum Gasteiger partial charge on any atom is 0.331 e. The number of carbonyl (C=O) groups excluding carboxylic acids is 1. The quantitative estimate of drug-likeness (QED) is 0.538. The third-order valence-electron chi connectivity index (χ3n) is 4.24. The second-order valence-electron chi connectivity index (χ2n) is 7.09. The molecule has 0 fully saturated rings. The maximum atomic E-state index is 11.7. The first-order chi connectivity index (χ1) is 14.0. The predicted molar refractivity (Wildman–Crippen MR) is 116 cm³/mol. The highest BCUT2D eigenvalue weighted by molar-refractivity contribution is 5.82. The van der Waals surface area contributed by atoms with E-state index in [0.29, 0.717) is 12.8 Å². The number of ether oxygens (including phenoxy) is 1. The third-order valence-corrected chi connectivity index (χ3v) is 4.24. The van der Waals surface area contributed by atoms with Gasteiger partial charge < -0.3 is 20.1 Å². The molecular formula is C24H34O5. The molecule has 0 spiro atoms. The molecule has 4 atom stereocenters. The number of allylic oxidation sites excluding steroid dienone is 7. The first-order valence-corrected chi connectivity index (χ1v) is 10.2. The molecule has 0 saturated heterocycles. The Morgan fingerprint density at radius 3 is 2.31 bits per heavy atom. The standard InChI is InChI=1S/C24H34O5/c1-20-13-7-3-2-4-8-16-22(26)19-23(27)17-11-5-9-14-21(25)15-10-6-12-18-24(28)29-20/h2,4-6,8-12,14,16,18,20-23,25-27H,3,7,13,15,17,19H2,1H3/b4-2-,10-6+,11-5-,14-9+,16-8+,18-12-. The van der Waals surface area contributed by atoms with Gasteiger partial charge in [0.15, 0.2) is 0 Å². The average molecular weight is 403 g/mol. The summed E-state index contributed by atoms with van der Waals surface area (Å²) >= 11 is 0. The molecule has 4 unspecified atom stereocenters. The van der Waals surface area contributed by atoms with E-state index in [4.69, 9.17) is 4.74 Å². The van der Waals surface area contributed by atoms with Gasteiger partial charge in [-0.2, -0.15) is 0 Å². The predicted octanol–water partition coefficient (Wildman–Crippen LogP) is 3.69.